The lowest BCUT2D eigenvalue weighted by Crippen LogP contribution is -1.96. The van der Waals surface area contributed by atoms with Crippen molar-refractivity contribution in [3.63, 3.8) is 0 Å². The molecule has 3 rings (SSSR count). The van der Waals surface area contributed by atoms with Crippen molar-refractivity contribution >= 4 is 17.4 Å². The number of hydrogen-bond acceptors (Lipinski definition) is 3. The molecule has 84 valence electrons. The van der Waals surface area contributed by atoms with Crippen LogP contribution >= 0.6 is 11.8 Å². The first-order chi connectivity index (χ1) is 7.86. The predicted octanol–water partition coefficient (Wildman–Crippen LogP) is 2.36. The van der Waals surface area contributed by atoms with Crippen LogP contribution in [0, 0.1) is 0 Å². The van der Waals surface area contributed by atoms with Gasteiger partial charge in [-0.2, -0.15) is 11.8 Å². The van der Waals surface area contributed by atoms with Crippen LogP contribution in [0.2, 0.25) is 0 Å². The van der Waals surface area contributed by atoms with E-state index in [-0.39, 0.29) is 0 Å². The Balaban J connectivity index is 2.01. The first kappa shape index (κ1) is 10.2. The number of nitrogens with two attached hydrogens (primary N) is 1. The molecule has 0 bridgehead atoms. The predicted molar refractivity (Wildman–Crippen MR) is 67.5 cm³/mol. The van der Waals surface area contributed by atoms with Gasteiger partial charge in [0, 0.05) is 24.2 Å². The van der Waals surface area contributed by atoms with E-state index in [0.717, 1.165) is 11.2 Å². The minimum atomic E-state index is 0.580. The summed E-state index contributed by atoms with van der Waals surface area (Å²) >= 11 is 2.02. The fourth-order valence-corrected chi connectivity index (χ4v) is 3.37. The molecule has 0 aliphatic carbocycles. The normalized spacial score (nSPS) is 20.7. The van der Waals surface area contributed by atoms with Crippen molar-refractivity contribution in [3.8, 4) is 0 Å². The van der Waals surface area contributed by atoms with Crippen molar-refractivity contribution in [2.45, 2.75) is 24.6 Å². The maximum Gasteiger partial charge on any atom is 0.137 e. The van der Waals surface area contributed by atoms with Gasteiger partial charge in [0.2, 0.25) is 0 Å². The van der Waals surface area contributed by atoms with Gasteiger partial charge in [-0.05, 0) is 36.3 Å². The van der Waals surface area contributed by atoms with E-state index >= 15 is 0 Å². The summed E-state index contributed by atoms with van der Waals surface area (Å²) in [5.74, 6) is 1.27. The number of hydrogen-bond donors (Lipinski definition) is 1. The molecule has 2 N–H and O–H groups in total. The molecule has 2 aromatic rings. The molecule has 4 heteroatoms. The van der Waals surface area contributed by atoms with Crippen LogP contribution in [0.15, 0.2) is 24.5 Å². The first-order valence-electron chi connectivity index (χ1n) is 5.66. The smallest absolute Gasteiger partial charge is 0.137 e. The second-order valence-corrected chi connectivity index (χ2v) is 5.48. The summed E-state index contributed by atoms with van der Waals surface area (Å²) in [6, 6.07) is 4.13. The molecule has 1 saturated heterocycles. The molecule has 1 aliphatic rings. The van der Waals surface area contributed by atoms with Crippen LogP contribution in [0.1, 0.15) is 29.3 Å². The van der Waals surface area contributed by atoms with Gasteiger partial charge >= 0.3 is 0 Å². The zero-order valence-electron chi connectivity index (χ0n) is 9.10. The largest absolute Gasteiger partial charge is 0.326 e. The number of pyridine rings is 1. The van der Waals surface area contributed by atoms with E-state index in [2.05, 4.69) is 27.7 Å². The summed E-state index contributed by atoms with van der Waals surface area (Å²) in [6.45, 7) is 0.580. The lowest BCUT2D eigenvalue weighted by atomic mass is 10.2. The Labute approximate surface area is 99.1 Å². The fourth-order valence-electron chi connectivity index (χ4n) is 2.14. The molecule has 1 atom stereocenters. The molecule has 0 spiro atoms. The maximum absolute atomic E-state index is 5.63. The average Bonchev–Trinajstić information content (AvgIpc) is 2.96. The summed E-state index contributed by atoms with van der Waals surface area (Å²) in [6.07, 6.45) is 6.78. The molecule has 0 saturated carbocycles. The summed E-state index contributed by atoms with van der Waals surface area (Å²) in [4.78, 5) is 4.69. The van der Waals surface area contributed by atoms with Crippen LogP contribution in [0.5, 0.6) is 0 Å². The highest BCUT2D eigenvalue weighted by Crippen LogP contribution is 2.39. The van der Waals surface area contributed by atoms with Gasteiger partial charge in [-0.3, -0.25) is 0 Å². The van der Waals surface area contributed by atoms with Gasteiger partial charge < -0.3 is 10.1 Å². The summed E-state index contributed by atoms with van der Waals surface area (Å²) in [7, 11) is 0. The van der Waals surface area contributed by atoms with Gasteiger partial charge in [0.05, 0.1) is 5.69 Å². The summed E-state index contributed by atoms with van der Waals surface area (Å²) < 4.78 is 2.09. The topological polar surface area (TPSA) is 43.3 Å². The highest BCUT2D eigenvalue weighted by atomic mass is 32.2. The quantitative estimate of drug-likeness (QED) is 0.866. The lowest BCUT2D eigenvalue weighted by Gasteiger charge is -2.01. The molecule has 1 aliphatic heterocycles. The Morgan fingerprint density at radius 3 is 3.25 bits per heavy atom. The van der Waals surface area contributed by atoms with Crippen LogP contribution in [-0.4, -0.2) is 15.1 Å². The third-order valence-electron chi connectivity index (χ3n) is 3.04. The number of nitrogens with zero attached hydrogens (tertiary/aromatic N) is 2. The van der Waals surface area contributed by atoms with Gasteiger partial charge in [-0.15, -0.1) is 0 Å². The minimum absolute atomic E-state index is 0.580. The summed E-state index contributed by atoms with van der Waals surface area (Å²) in [5, 5.41) is 0.598. The molecule has 1 fully saturated rings. The Morgan fingerprint density at radius 2 is 2.50 bits per heavy atom. The molecule has 3 nitrogen and oxygen atoms in total. The van der Waals surface area contributed by atoms with Crippen molar-refractivity contribution in [2.24, 2.45) is 5.73 Å². The van der Waals surface area contributed by atoms with E-state index in [1.165, 1.54) is 24.3 Å². The van der Waals surface area contributed by atoms with E-state index in [0.29, 0.717) is 11.8 Å². The molecule has 0 aromatic carbocycles. The van der Waals surface area contributed by atoms with E-state index in [1.54, 1.807) is 0 Å². The van der Waals surface area contributed by atoms with E-state index in [9.17, 15) is 0 Å². The van der Waals surface area contributed by atoms with Crippen molar-refractivity contribution in [1.82, 2.24) is 9.38 Å². The van der Waals surface area contributed by atoms with Crippen molar-refractivity contribution < 1.29 is 0 Å². The SMILES string of the molecule is NCc1ccn2cc(C3CCCS3)nc2c1. The molecule has 1 unspecified atom stereocenters. The van der Waals surface area contributed by atoms with Crippen LogP contribution < -0.4 is 5.73 Å². The lowest BCUT2D eigenvalue weighted by molar-refractivity contribution is 0.813. The number of fused-ring (bicyclic) bond motifs is 1. The van der Waals surface area contributed by atoms with Crippen LogP contribution in [0.25, 0.3) is 5.65 Å². The third kappa shape index (κ3) is 1.72. The Kier molecular flexibility index (Phi) is 2.61. The molecule has 3 heterocycles. The molecule has 0 radical (unpaired) electrons. The van der Waals surface area contributed by atoms with Gasteiger partial charge in [-0.1, -0.05) is 0 Å². The zero-order chi connectivity index (χ0) is 11.0. The van der Waals surface area contributed by atoms with Crippen molar-refractivity contribution in [3.05, 3.63) is 35.8 Å². The van der Waals surface area contributed by atoms with Gasteiger partial charge in [0.15, 0.2) is 0 Å². The zero-order valence-corrected chi connectivity index (χ0v) is 9.91. The maximum atomic E-state index is 5.63. The first-order valence-corrected chi connectivity index (χ1v) is 6.71. The number of rotatable bonds is 2. The third-order valence-corrected chi connectivity index (χ3v) is 4.44. The molecule has 16 heavy (non-hydrogen) atoms. The van der Waals surface area contributed by atoms with Gasteiger partial charge in [-0.25, -0.2) is 4.98 Å². The highest BCUT2D eigenvalue weighted by Gasteiger charge is 2.20. The molecular weight excluding hydrogens is 218 g/mol. The van der Waals surface area contributed by atoms with Crippen molar-refractivity contribution in [1.29, 1.82) is 0 Å². The highest BCUT2D eigenvalue weighted by molar-refractivity contribution is 7.99. The minimum Gasteiger partial charge on any atom is -0.326 e. The fraction of sp³-hybridized carbons (Fsp3) is 0.417. The standard InChI is InChI=1S/C12H15N3S/c13-7-9-3-4-15-8-10(14-12(15)6-9)11-2-1-5-16-11/h3-4,6,8,11H,1-2,5,7,13H2. The summed E-state index contributed by atoms with van der Waals surface area (Å²) in [5.41, 5.74) is 9.01. The molecular formula is C12H15N3S. The molecule has 0 amide bonds. The molecule has 2 aromatic heterocycles. The van der Waals surface area contributed by atoms with E-state index in [4.69, 9.17) is 5.73 Å². The van der Waals surface area contributed by atoms with Gasteiger partial charge in [0.25, 0.3) is 0 Å². The van der Waals surface area contributed by atoms with Crippen LogP contribution in [-0.2, 0) is 6.54 Å². The van der Waals surface area contributed by atoms with E-state index < -0.39 is 0 Å². The Morgan fingerprint density at radius 1 is 1.56 bits per heavy atom. The Bertz CT molecular complexity index is 500. The number of imidazole rings is 1. The van der Waals surface area contributed by atoms with E-state index in [1.807, 2.05) is 18.0 Å². The van der Waals surface area contributed by atoms with Crippen LogP contribution in [0.4, 0.5) is 0 Å². The van der Waals surface area contributed by atoms with Crippen LogP contribution in [0.3, 0.4) is 0 Å². The number of aromatic nitrogens is 2. The monoisotopic (exact) mass is 233 g/mol. The van der Waals surface area contributed by atoms with Crippen molar-refractivity contribution in [2.75, 3.05) is 5.75 Å². The number of thioether (sulfide) groups is 1. The second-order valence-electron chi connectivity index (χ2n) is 4.17. The second kappa shape index (κ2) is 4.11. The average molecular weight is 233 g/mol. The van der Waals surface area contributed by atoms with Gasteiger partial charge in [0.1, 0.15) is 5.65 Å². The Hall–Kier alpha value is -1.00.